The molecule has 28 heavy (non-hydrogen) atoms. The van der Waals surface area contributed by atoms with Crippen molar-refractivity contribution in [3.63, 3.8) is 0 Å². The van der Waals surface area contributed by atoms with E-state index in [0.717, 1.165) is 29.7 Å². The molecular formula is C22H17N5O. The van der Waals surface area contributed by atoms with E-state index in [0.29, 0.717) is 5.69 Å². The SMILES string of the molecule is O=C(N/N=C\c1cccnc1)c1cc(-c2ccc3c4c(cccc24)CC3)n[nH]1. The summed E-state index contributed by atoms with van der Waals surface area (Å²) >= 11 is 0. The van der Waals surface area contributed by atoms with Gasteiger partial charge in [-0.3, -0.25) is 14.9 Å². The van der Waals surface area contributed by atoms with Crippen LogP contribution in [0.25, 0.3) is 22.0 Å². The van der Waals surface area contributed by atoms with E-state index in [1.54, 1.807) is 24.7 Å². The monoisotopic (exact) mass is 367 g/mol. The predicted molar refractivity (Wildman–Crippen MR) is 108 cm³/mol. The number of benzene rings is 2. The van der Waals surface area contributed by atoms with Crippen molar-refractivity contribution in [3.05, 3.63) is 83.3 Å². The number of nitrogens with one attached hydrogen (secondary N) is 2. The third-order valence-corrected chi connectivity index (χ3v) is 5.04. The Balaban J connectivity index is 1.40. The lowest BCUT2D eigenvalue weighted by Gasteiger charge is -2.06. The van der Waals surface area contributed by atoms with Gasteiger partial charge >= 0.3 is 0 Å². The molecule has 0 aliphatic heterocycles. The van der Waals surface area contributed by atoms with E-state index in [1.165, 1.54) is 21.9 Å². The highest BCUT2D eigenvalue weighted by atomic mass is 16.2. The van der Waals surface area contributed by atoms with E-state index < -0.39 is 0 Å². The van der Waals surface area contributed by atoms with Gasteiger partial charge in [0.25, 0.3) is 5.91 Å². The molecule has 0 saturated heterocycles. The maximum absolute atomic E-state index is 12.3. The number of pyridine rings is 1. The summed E-state index contributed by atoms with van der Waals surface area (Å²) in [6.45, 7) is 0. The smallest absolute Gasteiger partial charge is 0.272 e. The number of H-pyrrole nitrogens is 1. The summed E-state index contributed by atoms with van der Waals surface area (Å²) in [5.41, 5.74) is 8.21. The Hall–Kier alpha value is -3.80. The summed E-state index contributed by atoms with van der Waals surface area (Å²) in [6, 6.07) is 16.1. The van der Waals surface area contributed by atoms with Gasteiger partial charge in [0, 0.05) is 23.5 Å². The van der Waals surface area contributed by atoms with E-state index in [-0.39, 0.29) is 5.91 Å². The summed E-state index contributed by atoms with van der Waals surface area (Å²) < 4.78 is 0. The summed E-state index contributed by atoms with van der Waals surface area (Å²) in [5, 5.41) is 13.6. The first-order valence-electron chi connectivity index (χ1n) is 9.12. The molecule has 0 fully saturated rings. The number of amides is 1. The molecule has 2 aromatic carbocycles. The lowest BCUT2D eigenvalue weighted by molar-refractivity contribution is 0.0950. The van der Waals surface area contributed by atoms with Gasteiger partial charge in [0.1, 0.15) is 5.69 Å². The van der Waals surface area contributed by atoms with E-state index in [2.05, 4.69) is 56.0 Å². The Labute approximate surface area is 161 Å². The van der Waals surface area contributed by atoms with E-state index >= 15 is 0 Å². The summed E-state index contributed by atoms with van der Waals surface area (Å²) in [4.78, 5) is 16.3. The van der Waals surface area contributed by atoms with Crippen LogP contribution in [0.1, 0.15) is 27.2 Å². The van der Waals surface area contributed by atoms with Crippen LogP contribution in [0.15, 0.2) is 66.0 Å². The molecule has 1 amide bonds. The Bertz CT molecular complexity index is 1200. The van der Waals surface area contributed by atoms with Crippen LogP contribution in [0.2, 0.25) is 0 Å². The van der Waals surface area contributed by atoms with Crippen molar-refractivity contribution >= 4 is 22.9 Å². The van der Waals surface area contributed by atoms with Gasteiger partial charge < -0.3 is 0 Å². The minimum atomic E-state index is -0.343. The van der Waals surface area contributed by atoms with Crippen molar-refractivity contribution in [3.8, 4) is 11.3 Å². The first-order chi connectivity index (χ1) is 13.8. The largest absolute Gasteiger partial charge is 0.289 e. The zero-order chi connectivity index (χ0) is 18.9. The highest BCUT2D eigenvalue weighted by Crippen LogP contribution is 2.36. The van der Waals surface area contributed by atoms with Gasteiger partial charge in [0.05, 0.1) is 11.9 Å². The van der Waals surface area contributed by atoms with Crippen LogP contribution in [0, 0.1) is 0 Å². The van der Waals surface area contributed by atoms with Crippen molar-refractivity contribution in [1.29, 1.82) is 0 Å². The molecule has 0 saturated carbocycles. The number of aromatic nitrogens is 3. The molecule has 4 aromatic rings. The number of nitrogens with zero attached hydrogens (tertiary/aromatic N) is 3. The van der Waals surface area contributed by atoms with E-state index in [9.17, 15) is 4.79 Å². The number of hydrogen-bond acceptors (Lipinski definition) is 4. The molecule has 2 N–H and O–H groups in total. The van der Waals surface area contributed by atoms with Crippen LogP contribution in [0.4, 0.5) is 0 Å². The second-order valence-corrected chi connectivity index (χ2v) is 6.76. The zero-order valence-electron chi connectivity index (χ0n) is 15.0. The molecule has 0 unspecified atom stereocenters. The van der Waals surface area contributed by atoms with Crippen molar-refractivity contribution in [2.75, 3.05) is 0 Å². The standard InChI is InChI=1S/C22H17N5O/c28-22(27-24-13-14-3-2-10-23-12-14)20-11-19(25-26-20)17-9-8-16-7-6-15-4-1-5-18(17)21(15)16/h1-5,8-13H,6-7H2,(H,25,26)(H,27,28)/b24-13-. The molecule has 0 bridgehead atoms. The second kappa shape index (κ2) is 6.74. The summed E-state index contributed by atoms with van der Waals surface area (Å²) in [7, 11) is 0. The third-order valence-electron chi connectivity index (χ3n) is 5.04. The fraction of sp³-hybridized carbons (Fsp3) is 0.0909. The molecule has 1 aliphatic carbocycles. The highest BCUT2D eigenvalue weighted by Gasteiger charge is 2.18. The average molecular weight is 367 g/mol. The lowest BCUT2D eigenvalue weighted by Crippen LogP contribution is -2.18. The fourth-order valence-electron chi connectivity index (χ4n) is 3.72. The van der Waals surface area contributed by atoms with E-state index in [4.69, 9.17) is 0 Å². The van der Waals surface area contributed by atoms with Crippen molar-refractivity contribution in [1.82, 2.24) is 20.6 Å². The van der Waals surface area contributed by atoms with Gasteiger partial charge in [-0.2, -0.15) is 10.2 Å². The number of hydrogen-bond donors (Lipinski definition) is 2. The van der Waals surface area contributed by atoms with Crippen LogP contribution in [0.5, 0.6) is 0 Å². The first kappa shape index (κ1) is 16.4. The number of carbonyl (C=O) groups excluding carboxylic acids is 1. The van der Waals surface area contributed by atoms with Gasteiger partial charge in [-0.25, -0.2) is 5.43 Å². The van der Waals surface area contributed by atoms with Crippen LogP contribution in [0.3, 0.4) is 0 Å². The number of hydrazone groups is 1. The average Bonchev–Trinajstić information content (AvgIpc) is 3.38. The molecule has 1 aliphatic rings. The van der Waals surface area contributed by atoms with Crippen molar-refractivity contribution in [2.24, 2.45) is 5.10 Å². The molecular weight excluding hydrogens is 350 g/mol. The molecule has 6 heteroatoms. The minimum absolute atomic E-state index is 0.343. The molecule has 0 radical (unpaired) electrons. The molecule has 6 nitrogen and oxygen atoms in total. The van der Waals surface area contributed by atoms with Crippen LogP contribution in [-0.4, -0.2) is 27.3 Å². The Morgan fingerprint density at radius 2 is 2.00 bits per heavy atom. The Morgan fingerprint density at radius 3 is 2.86 bits per heavy atom. The number of aryl methyl sites for hydroxylation is 2. The van der Waals surface area contributed by atoms with E-state index in [1.807, 2.05) is 12.1 Å². The van der Waals surface area contributed by atoms with Gasteiger partial charge in [-0.1, -0.05) is 36.4 Å². The van der Waals surface area contributed by atoms with Gasteiger partial charge in [-0.05, 0) is 46.9 Å². The number of carbonyl (C=O) groups is 1. The second-order valence-electron chi connectivity index (χ2n) is 6.76. The van der Waals surface area contributed by atoms with Crippen molar-refractivity contribution < 1.29 is 4.79 Å². The number of rotatable bonds is 4. The van der Waals surface area contributed by atoms with Crippen LogP contribution >= 0.6 is 0 Å². The van der Waals surface area contributed by atoms with Crippen molar-refractivity contribution in [2.45, 2.75) is 12.8 Å². The minimum Gasteiger partial charge on any atom is -0.272 e. The van der Waals surface area contributed by atoms with Crippen LogP contribution < -0.4 is 5.43 Å². The summed E-state index contributed by atoms with van der Waals surface area (Å²) in [6.07, 6.45) is 7.06. The zero-order valence-corrected chi connectivity index (χ0v) is 15.0. The molecule has 136 valence electrons. The summed E-state index contributed by atoms with van der Waals surface area (Å²) in [5.74, 6) is -0.343. The Morgan fingerprint density at radius 1 is 1.11 bits per heavy atom. The molecule has 2 aromatic heterocycles. The number of aromatic amines is 1. The molecule has 0 spiro atoms. The maximum atomic E-state index is 12.3. The third kappa shape index (κ3) is 2.85. The first-order valence-corrected chi connectivity index (χ1v) is 9.12. The maximum Gasteiger partial charge on any atom is 0.289 e. The van der Waals surface area contributed by atoms with Crippen LogP contribution in [-0.2, 0) is 12.8 Å². The van der Waals surface area contributed by atoms with Gasteiger partial charge in [-0.15, -0.1) is 0 Å². The molecule has 2 heterocycles. The quantitative estimate of drug-likeness (QED) is 0.428. The Kier molecular flexibility index (Phi) is 3.94. The normalized spacial score (nSPS) is 12.7. The highest BCUT2D eigenvalue weighted by molar-refractivity contribution is 6.02. The topological polar surface area (TPSA) is 83.0 Å². The molecule has 0 atom stereocenters. The lowest BCUT2D eigenvalue weighted by atomic mass is 9.98. The van der Waals surface area contributed by atoms with Gasteiger partial charge in [0.15, 0.2) is 0 Å². The predicted octanol–water partition coefficient (Wildman–Crippen LogP) is 3.49. The molecule has 5 rings (SSSR count). The van der Waals surface area contributed by atoms with Gasteiger partial charge in [0.2, 0.25) is 0 Å². The fourth-order valence-corrected chi connectivity index (χ4v) is 3.72.